The number of carbonyl (C=O) groups excluding carboxylic acids is 1. The lowest BCUT2D eigenvalue weighted by atomic mass is 9.91. The topological polar surface area (TPSA) is 55.6 Å². The molecule has 0 spiro atoms. The summed E-state index contributed by atoms with van der Waals surface area (Å²) in [6.07, 6.45) is 3.50. The van der Waals surface area contributed by atoms with Gasteiger partial charge in [0.1, 0.15) is 5.75 Å². The van der Waals surface area contributed by atoms with Crippen LogP contribution in [-0.4, -0.2) is 36.0 Å². The lowest BCUT2D eigenvalue weighted by molar-refractivity contribution is -0.148. The predicted molar refractivity (Wildman–Crippen MR) is 94.6 cm³/mol. The lowest BCUT2D eigenvalue weighted by Gasteiger charge is -2.40. The fraction of sp³-hybridized carbons (Fsp3) is 0.611. The van der Waals surface area contributed by atoms with Crippen molar-refractivity contribution < 1.29 is 18.3 Å². The average Bonchev–Trinajstić information content (AvgIpc) is 2.85. The molecule has 0 aromatic heterocycles. The number of hydrogen-bond donors (Lipinski definition) is 1. The van der Waals surface area contributed by atoms with E-state index < -0.39 is 17.9 Å². The normalized spacial score (nSPS) is 27.3. The highest BCUT2D eigenvalue weighted by atomic mass is 79.9. The Bertz CT molecular complexity index is 656. The van der Waals surface area contributed by atoms with Crippen LogP contribution in [0.2, 0.25) is 0 Å². The molecule has 4 nitrogen and oxygen atoms in total. The Hall–Kier alpha value is -1.21. The summed E-state index contributed by atoms with van der Waals surface area (Å²) in [5.74, 6) is -3.31. The van der Waals surface area contributed by atoms with Crippen molar-refractivity contribution in [2.24, 2.45) is 11.7 Å². The minimum Gasteiger partial charge on any atom is -0.496 e. The summed E-state index contributed by atoms with van der Waals surface area (Å²) in [5, 5.41) is 0. The summed E-state index contributed by atoms with van der Waals surface area (Å²) in [6, 6.07) is 2.17. The molecule has 0 saturated carbocycles. The van der Waals surface area contributed by atoms with Gasteiger partial charge in [-0.25, -0.2) is 0 Å². The summed E-state index contributed by atoms with van der Waals surface area (Å²) >= 11 is 3.24. The molecule has 2 fully saturated rings. The van der Waals surface area contributed by atoms with Crippen LogP contribution in [0.5, 0.6) is 5.75 Å². The number of piperidine rings is 1. The van der Waals surface area contributed by atoms with Crippen LogP contribution in [0, 0.1) is 5.92 Å². The maximum Gasteiger partial charge on any atom is 0.297 e. The molecule has 0 radical (unpaired) electrons. The zero-order valence-corrected chi connectivity index (χ0v) is 15.9. The van der Waals surface area contributed by atoms with Gasteiger partial charge in [-0.3, -0.25) is 4.79 Å². The molecule has 3 unspecified atom stereocenters. The van der Waals surface area contributed by atoms with Crippen molar-refractivity contribution >= 4 is 21.8 Å². The number of nitrogens with two attached hydrogens (primary N) is 1. The zero-order chi connectivity index (χ0) is 18.4. The minimum atomic E-state index is -3.46. The van der Waals surface area contributed by atoms with Gasteiger partial charge >= 0.3 is 0 Å². The molecular formula is C18H23BrF2N2O2. The highest BCUT2D eigenvalue weighted by molar-refractivity contribution is 9.10. The standard InChI is InChI=1S/C18H23BrF2N2O2/c1-10-7-12-4-5-13(8-10)23(12)17(24)16(22)18(20,21)11-3-6-14(19)15(9-11)25-2/h3,6,9-10,12-13,16H,4-5,7-8,22H2,1-2H3. The first-order valence-electron chi connectivity index (χ1n) is 8.55. The molecule has 3 rings (SSSR count). The highest BCUT2D eigenvalue weighted by Crippen LogP contribution is 2.41. The van der Waals surface area contributed by atoms with Crippen LogP contribution in [0.15, 0.2) is 22.7 Å². The van der Waals surface area contributed by atoms with Crippen LogP contribution in [0.1, 0.15) is 38.2 Å². The maximum absolute atomic E-state index is 14.9. The van der Waals surface area contributed by atoms with Crippen LogP contribution >= 0.6 is 15.9 Å². The van der Waals surface area contributed by atoms with Crippen molar-refractivity contribution in [2.45, 2.75) is 56.7 Å². The number of alkyl halides is 2. The molecule has 3 atom stereocenters. The van der Waals surface area contributed by atoms with E-state index in [0.717, 1.165) is 25.7 Å². The summed E-state index contributed by atoms with van der Waals surface area (Å²) in [7, 11) is 1.40. The molecule has 2 aliphatic heterocycles. The van der Waals surface area contributed by atoms with Crippen LogP contribution < -0.4 is 10.5 Å². The van der Waals surface area contributed by atoms with Crippen LogP contribution in [0.4, 0.5) is 8.78 Å². The summed E-state index contributed by atoms with van der Waals surface area (Å²) in [4.78, 5) is 14.4. The van der Waals surface area contributed by atoms with Gasteiger partial charge < -0.3 is 15.4 Å². The van der Waals surface area contributed by atoms with E-state index in [1.54, 1.807) is 4.90 Å². The molecule has 138 valence electrons. The summed E-state index contributed by atoms with van der Waals surface area (Å²) < 4.78 is 35.5. The van der Waals surface area contributed by atoms with Gasteiger partial charge in [-0.05, 0) is 59.7 Å². The van der Waals surface area contributed by atoms with E-state index in [1.165, 1.54) is 25.3 Å². The van der Waals surface area contributed by atoms with E-state index in [0.29, 0.717) is 10.4 Å². The Labute approximate surface area is 154 Å². The second-order valence-corrected chi connectivity index (χ2v) is 8.01. The first-order valence-corrected chi connectivity index (χ1v) is 9.34. The van der Waals surface area contributed by atoms with Crippen molar-refractivity contribution in [1.82, 2.24) is 4.90 Å². The van der Waals surface area contributed by atoms with Crippen LogP contribution in [0.3, 0.4) is 0 Å². The third-order valence-electron chi connectivity index (χ3n) is 5.42. The number of fused-ring (bicyclic) bond motifs is 2. The van der Waals surface area contributed by atoms with Crippen molar-refractivity contribution in [3.05, 3.63) is 28.2 Å². The first-order chi connectivity index (χ1) is 11.8. The van der Waals surface area contributed by atoms with Crippen molar-refractivity contribution in [3.63, 3.8) is 0 Å². The second kappa shape index (κ2) is 6.83. The number of carbonyl (C=O) groups is 1. The number of amides is 1. The van der Waals surface area contributed by atoms with E-state index in [4.69, 9.17) is 10.5 Å². The average molecular weight is 417 g/mol. The Morgan fingerprint density at radius 2 is 1.96 bits per heavy atom. The number of halogens is 3. The molecule has 2 saturated heterocycles. The van der Waals surface area contributed by atoms with E-state index in [1.807, 2.05) is 0 Å². The molecule has 1 amide bonds. The van der Waals surface area contributed by atoms with Crippen molar-refractivity contribution in [1.29, 1.82) is 0 Å². The predicted octanol–water partition coefficient (Wildman–Crippen LogP) is 3.67. The Morgan fingerprint density at radius 3 is 2.52 bits per heavy atom. The Balaban J connectivity index is 1.84. The third-order valence-corrected chi connectivity index (χ3v) is 6.07. The molecule has 25 heavy (non-hydrogen) atoms. The van der Waals surface area contributed by atoms with Crippen LogP contribution in [0.25, 0.3) is 0 Å². The van der Waals surface area contributed by atoms with Gasteiger partial charge in [0.05, 0.1) is 11.6 Å². The van der Waals surface area contributed by atoms with Gasteiger partial charge in [-0.2, -0.15) is 8.78 Å². The fourth-order valence-electron chi connectivity index (χ4n) is 4.17. The largest absolute Gasteiger partial charge is 0.496 e. The minimum absolute atomic E-state index is 0.0440. The summed E-state index contributed by atoms with van der Waals surface area (Å²) in [6.45, 7) is 2.15. The van der Waals surface area contributed by atoms with E-state index in [-0.39, 0.29) is 23.4 Å². The van der Waals surface area contributed by atoms with Gasteiger partial charge in [-0.1, -0.05) is 13.0 Å². The van der Waals surface area contributed by atoms with Gasteiger partial charge in [0.25, 0.3) is 5.92 Å². The smallest absolute Gasteiger partial charge is 0.297 e. The van der Waals surface area contributed by atoms with Gasteiger partial charge in [-0.15, -0.1) is 0 Å². The molecule has 2 bridgehead atoms. The number of rotatable bonds is 4. The molecule has 2 N–H and O–H groups in total. The van der Waals surface area contributed by atoms with Crippen molar-refractivity contribution in [3.8, 4) is 5.75 Å². The van der Waals surface area contributed by atoms with E-state index in [9.17, 15) is 13.6 Å². The highest BCUT2D eigenvalue weighted by Gasteiger charge is 2.50. The number of methoxy groups -OCH3 is 1. The first kappa shape index (κ1) is 18.6. The van der Waals surface area contributed by atoms with Crippen LogP contribution in [-0.2, 0) is 10.7 Å². The monoisotopic (exact) mass is 416 g/mol. The maximum atomic E-state index is 14.9. The lowest BCUT2D eigenvalue weighted by Crippen LogP contribution is -2.57. The molecule has 2 heterocycles. The third kappa shape index (κ3) is 3.28. The quantitative estimate of drug-likeness (QED) is 0.814. The van der Waals surface area contributed by atoms with E-state index >= 15 is 0 Å². The van der Waals surface area contributed by atoms with Gasteiger partial charge in [0, 0.05) is 17.6 Å². The number of ether oxygens (including phenoxy) is 1. The molecular weight excluding hydrogens is 394 g/mol. The number of benzene rings is 1. The Morgan fingerprint density at radius 1 is 1.36 bits per heavy atom. The van der Waals surface area contributed by atoms with E-state index in [2.05, 4.69) is 22.9 Å². The SMILES string of the molecule is COc1cc(C(F)(F)C(N)C(=O)N2C3CCC2CC(C)C3)ccc1Br. The van der Waals surface area contributed by atoms with Gasteiger partial charge in [0.15, 0.2) is 6.04 Å². The van der Waals surface area contributed by atoms with Crippen molar-refractivity contribution in [2.75, 3.05) is 7.11 Å². The Kier molecular flexibility index (Phi) is 5.08. The number of hydrogen-bond acceptors (Lipinski definition) is 3. The molecule has 0 aliphatic carbocycles. The molecule has 1 aromatic carbocycles. The fourth-order valence-corrected chi connectivity index (χ4v) is 4.58. The van der Waals surface area contributed by atoms with Gasteiger partial charge in [0.2, 0.25) is 5.91 Å². The second-order valence-electron chi connectivity index (χ2n) is 7.16. The molecule has 7 heteroatoms. The number of nitrogens with zero attached hydrogens (tertiary/aromatic N) is 1. The molecule has 1 aromatic rings. The summed E-state index contributed by atoms with van der Waals surface area (Å²) in [5.41, 5.74) is 5.47. The molecule has 2 aliphatic rings. The zero-order valence-electron chi connectivity index (χ0n) is 14.3.